The van der Waals surface area contributed by atoms with Gasteiger partial charge in [0, 0.05) is 12.6 Å². The molecule has 0 atom stereocenters. The van der Waals surface area contributed by atoms with Gasteiger partial charge in [-0.3, -0.25) is 0 Å². The lowest BCUT2D eigenvalue weighted by Crippen LogP contribution is -2.29. The Labute approximate surface area is 93.4 Å². The molecule has 0 aliphatic heterocycles. The summed E-state index contributed by atoms with van der Waals surface area (Å²) in [5, 5.41) is 3.58. The fraction of sp³-hybridized carbons (Fsp3) is 1.00. The summed E-state index contributed by atoms with van der Waals surface area (Å²) in [4.78, 5) is 0. The van der Waals surface area contributed by atoms with Crippen LogP contribution in [0.15, 0.2) is 0 Å². The van der Waals surface area contributed by atoms with Crippen LogP contribution in [0.4, 0.5) is 0 Å². The normalized spacial score (nSPS) is 18.9. The van der Waals surface area contributed by atoms with Crippen molar-refractivity contribution in [2.24, 2.45) is 5.41 Å². The van der Waals surface area contributed by atoms with Crippen molar-refractivity contribution in [3.63, 3.8) is 0 Å². The smallest absolute Gasteiger partial charge is 0.00106 e. The average molecular weight is 215 g/mol. The predicted octanol–water partition coefficient (Wildman–Crippen LogP) is 3.30. The Bertz CT molecular complexity index is 152. The molecule has 2 heteroatoms. The van der Waals surface area contributed by atoms with Crippen LogP contribution in [0, 0.1) is 5.41 Å². The van der Waals surface area contributed by atoms with E-state index in [1.54, 1.807) is 0 Å². The van der Waals surface area contributed by atoms with E-state index < -0.39 is 0 Å². The first-order valence-electron chi connectivity index (χ1n) is 6.00. The van der Waals surface area contributed by atoms with Gasteiger partial charge in [0.05, 0.1) is 0 Å². The standard InChI is InChI=1S/C12H25NS/c1-4-14-9-5-6-12(7-8-12)10-13-11(2)3/h11,13H,4-10H2,1-3H3. The highest BCUT2D eigenvalue weighted by Crippen LogP contribution is 2.49. The van der Waals surface area contributed by atoms with E-state index in [2.05, 4.69) is 37.8 Å². The quantitative estimate of drug-likeness (QED) is 0.624. The van der Waals surface area contributed by atoms with Gasteiger partial charge in [-0.05, 0) is 42.6 Å². The Kier molecular flexibility index (Phi) is 5.32. The highest BCUT2D eigenvalue weighted by molar-refractivity contribution is 7.99. The third kappa shape index (κ3) is 4.70. The van der Waals surface area contributed by atoms with Crippen LogP contribution in [0.5, 0.6) is 0 Å². The van der Waals surface area contributed by atoms with E-state index in [-0.39, 0.29) is 0 Å². The maximum absolute atomic E-state index is 3.58. The monoisotopic (exact) mass is 215 g/mol. The molecule has 1 fully saturated rings. The lowest BCUT2D eigenvalue weighted by molar-refractivity contribution is 0.403. The number of nitrogens with one attached hydrogen (secondary N) is 1. The predicted molar refractivity (Wildman–Crippen MR) is 67.0 cm³/mol. The number of rotatable bonds is 8. The summed E-state index contributed by atoms with van der Waals surface area (Å²) < 4.78 is 0. The fourth-order valence-corrected chi connectivity index (χ4v) is 2.44. The molecule has 1 nitrogen and oxygen atoms in total. The van der Waals surface area contributed by atoms with Crippen molar-refractivity contribution in [3.8, 4) is 0 Å². The van der Waals surface area contributed by atoms with E-state index >= 15 is 0 Å². The maximum Gasteiger partial charge on any atom is 0.00106 e. The molecule has 0 heterocycles. The molecule has 1 aliphatic carbocycles. The summed E-state index contributed by atoms with van der Waals surface area (Å²) in [6.07, 6.45) is 5.78. The highest BCUT2D eigenvalue weighted by atomic mass is 32.2. The van der Waals surface area contributed by atoms with Crippen LogP contribution in [-0.4, -0.2) is 24.1 Å². The summed E-state index contributed by atoms with van der Waals surface area (Å²) in [5.41, 5.74) is 0.707. The third-order valence-corrected chi connectivity index (χ3v) is 4.03. The first-order chi connectivity index (χ1) is 6.68. The Hall–Kier alpha value is 0.310. The maximum atomic E-state index is 3.58. The Balaban J connectivity index is 2.04. The zero-order valence-electron chi connectivity index (χ0n) is 9.94. The van der Waals surface area contributed by atoms with Crippen molar-refractivity contribution < 1.29 is 0 Å². The molecule has 0 bridgehead atoms. The highest BCUT2D eigenvalue weighted by Gasteiger charge is 2.41. The second-order valence-electron chi connectivity index (χ2n) is 4.84. The first kappa shape index (κ1) is 12.4. The molecule has 84 valence electrons. The van der Waals surface area contributed by atoms with Crippen molar-refractivity contribution in [1.29, 1.82) is 0 Å². The van der Waals surface area contributed by atoms with Gasteiger partial charge in [-0.1, -0.05) is 20.8 Å². The van der Waals surface area contributed by atoms with Crippen LogP contribution in [0.2, 0.25) is 0 Å². The van der Waals surface area contributed by atoms with E-state index in [0.29, 0.717) is 11.5 Å². The van der Waals surface area contributed by atoms with E-state index in [1.165, 1.54) is 43.7 Å². The summed E-state index contributed by atoms with van der Waals surface area (Å²) in [6.45, 7) is 7.98. The van der Waals surface area contributed by atoms with E-state index in [1.807, 2.05) is 0 Å². The van der Waals surface area contributed by atoms with Gasteiger partial charge in [0.25, 0.3) is 0 Å². The summed E-state index contributed by atoms with van der Waals surface area (Å²) in [5.74, 6) is 2.64. The Morgan fingerprint density at radius 2 is 2.07 bits per heavy atom. The lowest BCUT2D eigenvalue weighted by Gasteiger charge is -2.17. The molecule has 0 radical (unpaired) electrons. The van der Waals surface area contributed by atoms with Crippen LogP contribution < -0.4 is 5.32 Å². The Morgan fingerprint density at radius 1 is 1.36 bits per heavy atom. The molecule has 0 spiro atoms. The second kappa shape index (κ2) is 6.02. The van der Waals surface area contributed by atoms with Crippen LogP contribution in [0.3, 0.4) is 0 Å². The van der Waals surface area contributed by atoms with Gasteiger partial charge >= 0.3 is 0 Å². The van der Waals surface area contributed by atoms with Gasteiger partial charge in [0.15, 0.2) is 0 Å². The Morgan fingerprint density at radius 3 is 2.57 bits per heavy atom. The van der Waals surface area contributed by atoms with Crippen molar-refractivity contribution in [1.82, 2.24) is 5.32 Å². The van der Waals surface area contributed by atoms with E-state index in [0.717, 1.165) is 0 Å². The first-order valence-corrected chi connectivity index (χ1v) is 7.15. The van der Waals surface area contributed by atoms with E-state index in [9.17, 15) is 0 Å². The van der Waals surface area contributed by atoms with Crippen LogP contribution >= 0.6 is 11.8 Å². The minimum atomic E-state index is 0.650. The van der Waals surface area contributed by atoms with Crippen LogP contribution in [-0.2, 0) is 0 Å². The molecule has 1 rings (SSSR count). The molecule has 0 unspecified atom stereocenters. The molecule has 0 saturated heterocycles. The van der Waals surface area contributed by atoms with Gasteiger partial charge in [-0.15, -0.1) is 0 Å². The summed E-state index contributed by atoms with van der Waals surface area (Å²) in [6, 6.07) is 0.650. The minimum Gasteiger partial charge on any atom is -0.314 e. The molecule has 0 aromatic heterocycles. The van der Waals surface area contributed by atoms with Gasteiger partial charge in [0.2, 0.25) is 0 Å². The number of hydrogen-bond donors (Lipinski definition) is 1. The second-order valence-corrected chi connectivity index (χ2v) is 6.23. The molecular weight excluding hydrogens is 190 g/mol. The lowest BCUT2D eigenvalue weighted by atomic mass is 10.0. The van der Waals surface area contributed by atoms with Gasteiger partial charge in [-0.25, -0.2) is 0 Å². The molecule has 1 saturated carbocycles. The zero-order valence-corrected chi connectivity index (χ0v) is 10.8. The van der Waals surface area contributed by atoms with Crippen molar-refractivity contribution >= 4 is 11.8 Å². The largest absolute Gasteiger partial charge is 0.314 e. The number of thioether (sulfide) groups is 1. The molecule has 0 amide bonds. The molecule has 14 heavy (non-hydrogen) atoms. The van der Waals surface area contributed by atoms with Crippen molar-refractivity contribution in [2.45, 2.75) is 52.5 Å². The van der Waals surface area contributed by atoms with Gasteiger partial charge in [-0.2, -0.15) is 11.8 Å². The SMILES string of the molecule is CCSCCCC1(CNC(C)C)CC1. The molecule has 1 N–H and O–H groups in total. The molecule has 1 aliphatic rings. The van der Waals surface area contributed by atoms with Gasteiger partial charge in [0.1, 0.15) is 0 Å². The van der Waals surface area contributed by atoms with Crippen LogP contribution in [0.1, 0.15) is 46.5 Å². The third-order valence-electron chi connectivity index (χ3n) is 3.04. The summed E-state index contributed by atoms with van der Waals surface area (Å²) in [7, 11) is 0. The van der Waals surface area contributed by atoms with Gasteiger partial charge < -0.3 is 5.32 Å². The molecular formula is C12H25NS. The summed E-state index contributed by atoms with van der Waals surface area (Å²) >= 11 is 2.08. The number of hydrogen-bond acceptors (Lipinski definition) is 2. The van der Waals surface area contributed by atoms with E-state index in [4.69, 9.17) is 0 Å². The van der Waals surface area contributed by atoms with Crippen molar-refractivity contribution in [2.75, 3.05) is 18.1 Å². The average Bonchev–Trinajstić information content (AvgIpc) is 2.91. The topological polar surface area (TPSA) is 12.0 Å². The van der Waals surface area contributed by atoms with Crippen molar-refractivity contribution in [3.05, 3.63) is 0 Å². The van der Waals surface area contributed by atoms with Crippen LogP contribution in [0.25, 0.3) is 0 Å². The minimum absolute atomic E-state index is 0.650. The molecule has 0 aromatic carbocycles. The zero-order chi connectivity index (χ0) is 10.4. The molecule has 0 aromatic rings. The fourth-order valence-electron chi connectivity index (χ4n) is 1.81.